The summed E-state index contributed by atoms with van der Waals surface area (Å²) in [6, 6.07) is 11.6. The lowest BCUT2D eigenvalue weighted by molar-refractivity contribution is 0.627. The van der Waals surface area contributed by atoms with Gasteiger partial charge in [0.25, 0.3) is 0 Å². The molecule has 0 spiro atoms. The lowest BCUT2D eigenvalue weighted by atomic mass is 10.1. The SMILES string of the molecule is N#Cc1nc(NCCc2ccc(F)cc2)ccc1Cl. The summed E-state index contributed by atoms with van der Waals surface area (Å²) in [6.07, 6.45) is 0.743. The van der Waals surface area contributed by atoms with Crippen molar-refractivity contribution in [1.29, 1.82) is 5.26 Å². The minimum absolute atomic E-state index is 0.202. The summed E-state index contributed by atoms with van der Waals surface area (Å²) in [7, 11) is 0. The summed E-state index contributed by atoms with van der Waals surface area (Å²) >= 11 is 5.79. The van der Waals surface area contributed by atoms with Crippen molar-refractivity contribution in [3.05, 3.63) is 58.5 Å². The largest absolute Gasteiger partial charge is 0.370 e. The Labute approximate surface area is 115 Å². The van der Waals surface area contributed by atoms with Crippen LogP contribution in [0.25, 0.3) is 0 Å². The number of anilines is 1. The van der Waals surface area contributed by atoms with E-state index in [0.717, 1.165) is 12.0 Å². The van der Waals surface area contributed by atoms with Gasteiger partial charge < -0.3 is 5.32 Å². The molecule has 1 N–H and O–H groups in total. The van der Waals surface area contributed by atoms with E-state index in [4.69, 9.17) is 16.9 Å². The second-order valence-electron chi connectivity index (χ2n) is 3.94. The third-order valence-electron chi connectivity index (χ3n) is 2.58. The smallest absolute Gasteiger partial charge is 0.161 e. The zero-order valence-corrected chi connectivity index (χ0v) is 10.8. The number of halogens is 2. The second-order valence-corrected chi connectivity index (χ2v) is 4.35. The van der Waals surface area contributed by atoms with E-state index in [-0.39, 0.29) is 11.5 Å². The topological polar surface area (TPSA) is 48.7 Å². The van der Waals surface area contributed by atoms with Crippen LogP contribution in [0.5, 0.6) is 0 Å². The summed E-state index contributed by atoms with van der Waals surface area (Å²) in [5.74, 6) is 0.359. The molecule has 5 heteroatoms. The summed E-state index contributed by atoms with van der Waals surface area (Å²) < 4.78 is 12.7. The third kappa shape index (κ3) is 3.67. The van der Waals surface area contributed by atoms with E-state index < -0.39 is 0 Å². The fourth-order valence-electron chi connectivity index (χ4n) is 1.60. The van der Waals surface area contributed by atoms with E-state index in [1.807, 2.05) is 6.07 Å². The number of rotatable bonds is 4. The standard InChI is InChI=1S/C14H11ClFN3/c15-12-5-6-14(19-13(12)9-17)18-8-7-10-1-3-11(16)4-2-10/h1-6H,7-8H2,(H,18,19). The van der Waals surface area contributed by atoms with Crippen molar-refractivity contribution >= 4 is 17.4 Å². The van der Waals surface area contributed by atoms with Gasteiger partial charge in [0, 0.05) is 6.54 Å². The van der Waals surface area contributed by atoms with Crippen LogP contribution in [0.1, 0.15) is 11.3 Å². The van der Waals surface area contributed by atoms with Crippen LogP contribution in [0, 0.1) is 17.1 Å². The molecule has 0 bridgehead atoms. The monoisotopic (exact) mass is 275 g/mol. The molecule has 1 aromatic heterocycles. The number of aromatic nitrogens is 1. The molecule has 0 aliphatic carbocycles. The van der Waals surface area contributed by atoms with Gasteiger partial charge >= 0.3 is 0 Å². The van der Waals surface area contributed by atoms with Crippen LogP contribution < -0.4 is 5.32 Å². The Morgan fingerprint density at radius 2 is 1.95 bits per heavy atom. The van der Waals surface area contributed by atoms with Gasteiger partial charge in [0.1, 0.15) is 17.7 Å². The average Bonchev–Trinajstić information content (AvgIpc) is 2.43. The minimum atomic E-state index is -0.241. The lowest BCUT2D eigenvalue weighted by Gasteiger charge is -2.06. The third-order valence-corrected chi connectivity index (χ3v) is 2.89. The Morgan fingerprint density at radius 1 is 1.21 bits per heavy atom. The molecule has 0 saturated heterocycles. The molecule has 0 fully saturated rings. The predicted octanol–water partition coefficient (Wildman–Crippen LogP) is 3.40. The maximum absolute atomic E-state index is 12.7. The minimum Gasteiger partial charge on any atom is -0.370 e. The first-order valence-electron chi connectivity index (χ1n) is 5.74. The van der Waals surface area contributed by atoms with E-state index in [1.54, 1.807) is 24.3 Å². The first-order valence-corrected chi connectivity index (χ1v) is 6.12. The highest BCUT2D eigenvalue weighted by Crippen LogP contribution is 2.15. The summed E-state index contributed by atoms with van der Waals surface area (Å²) in [4.78, 5) is 4.07. The quantitative estimate of drug-likeness (QED) is 0.930. The van der Waals surface area contributed by atoms with Crippen molar-refractivity contribution in [2.24, 2.45) is 0 Å². The van der Waals surface area contributed by atoms with Gasteiger partial charge in [-0.25, -0.2) is 9.37 Å². The van der Waals surface area contributed by atoms with Crippen LogP contribution in [0.3, 0.4) is 0 Å². The van der Waals surface area contributed by atoms with Crippen molar-refractivity contribution in [1.82, 2.24) is 4.98 Å². The van der Waals surface area contributed by atoms with Crippen LogP contribution >= 0.6 is 11.6 Å². The van der Waals surface area contributed by atoms with Gasteiger partial charge in [-0.3, -0.25) is 0 Å². The maximum atomic E-state index is 12.7. The number of hydrogen-bond donors (Lipinski definition) is 1. The molecule has 0 saturated carbocycles. The number of nitriles is 1. The molecule has 0 atom stereocenters. The van der Waals surface area contributed by atoms with Crippen LogP contribution in [-0.4, -0.2) is 11.5 Å². The lowest BCUT2D eigenvalue weighted by Crippen LogP contribution is -2.06. The molecule has 0 aliphatic heterocycles. The zero-order valence-electron chi connectivity index (χ0n) is 10.0. The number of hydrogen-bond acceptors (Lipinski definition) is 3. The van der Waals surface area contributed by atoms with Crippen LogP contribution in [0.2, 0.25) is 5.02 Å². The van der Waals surface area contributed by atoms with E-state index in [0.29, 0.717) is 17.4 Å². The molecular weight excluding hydrogens is 265 g/mol. The molecule has 0 aliphatic rings. The Balaban J connectivity index is 1.92. The number of benzene rings is 1. The van der Waals surface area contributed by atoms with Gasteiger partial charge in [0.2, 0.25) is 0 Å². The molecule has 0 amide bonds. The molecule has 2 aromatic rings. The summed E-state index contributed by atoms with van der Waals surface area (Å²) in [6.45, 7) is 0.644. The highest BCUT2D eigenvalue weighted by Gasteiger charge is 2.02. The average molecular weight is 276 g/mol. The van der Waals surface area contributed by atoms with Gasteiger partial charge in [-0.05, 0) is 36.2 Å². The van der Waals surface area contributed by atoms with Crippen molar-refractivity contribution in [3.8, 4) is 6.07 Å². The normalized spacial score (nSPS) is 9.95. The van der Waals surface area contributed by atoms with Gasteiger partial charge in [0.15, 0.2) is 5.69 Å². The Kier molecular flexibility index (Phi) is 4.32. The van der Waals surface area contributed by atoms with Crippen molar-refractivity contribution < 1.29 is 4.39 Å². The molecular formula is C14H11ClFN3. The van der Waals surface area contributed by atoms with Crippen molar-refractivity contribution in [2.75, 3.05) is 11.9 Å². The zero-order chi connectivity index (χ0) is 13.7. The molecule has 19 heavy (non-hydrogen) atoms. The molecule has 0 radical (unpaired) electrons. The van der Waals surface area contributed by atoms with Gasteiger partial charge in [-0.15, -0.1) is 0 Å². The molecule has 0 unspecified atom stereocenters. The van der Waals surface area contributed by atoms with Gasteiger partial charge in [-0.1, -0.05) is 23.7 Å². The van der Waals surface area contributed by atoms with Crippen LogP contribution in [0.4, 0.5) is 10.2 Å². The van der Waals surface area contributed by atoms with E-state index in [2.05, 4.69) is 10.3 Å². The van der Waals surface area contributed by atoms with E-state index in [9.17, 15) is 4.39 Å². The van der Waals surface area contributed by atoms with Crippen molar-refractivity contribution in [2.45, 2.75) is 6.42 Å². The Hall–Kier alpha value is -2.12. The van der Waals surface area contributed by atoms with Crippen LogP contribution in [-0.2, 0) is 6.42 Å². The van der Waals surface area contributed by atoms with E-state index >= 15 is 0 Å². The van der Waals surface area contributed by atoms with Crippen molar-refractivity contribution in [3.63, 3.8) is 0 Å². The van der Waals surface area contributed by atoms with Gasteiger partial charge in [-0.2, -0.15) is 5.26 Å². The fraction of sp³-hybridized carbons (Fsp3) is 0.143. The molecule has 1 heterocycles. The molecule has 3 nitrogen and oxygen atoms in total. The van der Waals surface area contributed by atoms with Gasteiger partial charge in [0.05, 0.1) is 5.02 Å². The Morgan fingerprint density at radius 3 is 2.63 bits per heavy atom. The Bertz CT molecular complexity index is 605. The second kappa shape index (κ2) is 6.17. The first-order chi connectivity index (χ1) is 9.19. The predicted molar refractivity (Wildman–Crippen MR) is 72.6 cm³/mol. The van der Waals surface area contributed by atoms with Crippen LogP contribution in [0.15, 0.2) is 36.4 Å². The molecule has 96 valence electrons. The highest BCUT2D eigenvalue weighted by atomic mass is 35.5. The fourth-order valence-corrected chi connectivity index (χ4v) is 1.75. The highest BCUT2D eigenvalue weighted by molar-refractivity contribution is 6.31. The number of nitrogens with one attached hydrogen (secondary N) is 1. The maximum Gasteiger partial charge on any atom is 0.161 e. The number of nitrogens with zero attached hydrogens (tertiary/aromatic N) is 2. The van der Waals surface area contributed by atoms with E-state index in [1.165, 1.54) is 12.1 Å². The molecule has 2 rings (SSSR count). The molecule has 1 aromatic carbocycles. The first kappa shape index (κ1) is 13.3. The summed E-state index contributed by atoms with van der Waals surface area (Å²) in [5.41, 5.74) is 1.23. The number of pyridine rings is 1. The summed E-state index contributed by atoms with van der Waals surface area (Å²) in [5, 5.41) is 12.2.